The van der Waals surface area contributed by atoms with Crippen molar-refractivity contribution in [3.05, 3.63) is 34.3 Å². The maximum Gasteiger partial charge on any atom is 0.417 e. The smallest absolute Gasteiger partial charge is 0.408 e. The third kappa shape index (κ3) is 2.61. The number of fused-ring (bicyclic) bond motifs is 1. The Morgan fingerprint density at radius 3 is 3.15 bits per heavy atom. The van der Waals surface area contributed by atoms with Gasteiger partial charge in [-0.05, 0) is 36.5 Å². The van der Waals surface area contributed by atoms with E-state index in [2.05, 4.69) is 11.9 Å². The van der Waals surface area contributed by atoms with E-state index in [-0.39, 0.29) is 5.91 Å². The molecule has 1 atom stereocenters. The minimum absolute atomic E-state index is 0.154. The SMILES string of the molecule is CC1CCCN(C(=O)Cc2ccc3oc(=O)[nH]c3c2)C1. The first-order chi connectivity index (χ1) is 9.61. The van der Waals surface area contributed by atoms with Crippen molar-refractivity contribution in [3.8, 4) is 0 Å². The van der Waals surface area contributed by atoms with Gasteiger partial charge in [-0.1, -0.05) is 13.0 Å². The molecule has 106 valence electrons. The number of aromatic nitrogens is 1. The molecule has 2 heterocycles. The third-order valence-corrected chi connectivity index (χ3v) is 3.85. The number of H-pyrrole nitrogens is 1. The molecule has 1 aliphatic rings. The number of oxazole rings is 1. The van der Waals surface area contributed by atoms with E-state index in [0.717, 1.165) is 25.1 Å². The number of rotatable bonds is 2. The van der Waals surface area contributed by atoms with Crippen LogP contribution in [-0.2, 0) is 11.2 Å². The monoisotopic (exact) mass is 274 g/mol. The van der Waals surface area contributed by atoms with Crippen LogP contribution in [0.2, 0.25) is 0 Å². The number of hydrogen-bond acceptors (Lipinski definition) is 3. The quantitative estimate of drug-likeness (QED) is 0.909. The molecule has 1 aromatic carbocycles. The Morgan fingerprint density at radius 1 is 1.50 bits per heavy atom. The fourth-order valence-corrected chi connectivity index (χ4v) is 2.81. The van der Waals surface area contributed by atoms with Gasteiger partial charge < -0.3 is 9.32 Å². The van der Waals surface area contributed by atoms with Gasteiger partial charge in [-0.15, -0.1) is 0 Å². The molecule has 1 aliphatic heterocycles. The number of benzene rings is 1. The van der Waals surface area contributed by atoms with Gasteiger partial charge in [0.1, 0.15) is 0 Å². The van der Waals surface area contributed by atoms with Gasteiger partial charge in [0.05, 0.1) is 11.9 Å². The van der Waals surface area contributed by atoms with Crippen molar-refractivity contribution >= 4 is 17.0 Å². The molecule has 0 radical (unpaired) electrons. The normalized spacial score (nSPS) is 19.4. The number of carbonyl (C=O) groups excluding carboxylic acids is 1. The maximum absolute atomic E-state index is 12.3. The van der Waals surface area contributed by atoms with Crippen molar-refractivity contribution in [1.29, 1.82) is 0 Å². The molecule has 0 spiro atoms. The first-order valence-corrected chi connectivity index (χ1v) is 7.01. The summed E-state index contributed by atoms with van der Waals surface area (Å²) >= 11 is 0. The first-order valence-electron chi connectivity index (χ1n) is 7.01. The van der Waals surface area contributed by atoms with E-state index in [9.17, 15) is 9.59 Å². The zero-order chi connectivity index (χ0) is 14.1. The molecule has 1 N–H and O–H groups in total. The van der Waals surface area contributed by atoms with Crippen LogP contribution >= 0.6 is 0 Å². The second-order valence-electron chi connectivity index (χ2n) is 5.61. The average Bonchev–Trinajstić information content (AvgIpc) is 2.78. The van der Waals surface area contributed by atoms with E-state index >= 15 is 0 Å². The zero-order valence-electron chi connectivity index (χ0n) is 11.5. The van der Waals surface area contributed by atoms with Gasteiger partial charge >= 0.3 is 5.76 Å². The predicted molar refractivity (Wildman–Crippen MR) is 75.5 cm³/mol. The van der Waals surface area contributed by atoms with Crippen molar-refractivity contribution in [2.24, 2.45) is 5.92 Å². The summed E-state index contributed by atoms with van der Waals surface area (Å²) in [5.74, 6) is 0.274. The molecule has 1 saturated heterocycles. The lowest BCUT2D eigenvalue weighted by atomic mass is 9.99. The highest BCUT2D eigenvalue weighted by molar-refractivity contribution is 5.81. The number of likely N-dealkylation sites (tertiary alicyclic amines) is 1. The van der Waals surface area contributed by atoms with E-state index < -0.39 is 5.76 Å². The molecule has 3 rings (SSSR count). The molecule has 1 unspecified atom stereocenters. The van der Waals surface area contributed by atoms with Crippen molar-refractivity contribution in [1.82, 2.24) is 9.88 Å². The topological polar surface area (TPSA) is 66.3 Å². The van der Waals surface area contributed by atoms with Crippen LogP contribution in [0, 0.1) is 5.92 Å². The molecule has 5 heteroatoms. The molecule has 1 amide bonds. The molecular weight excluding hydrogens is 256 g/mol. The number of nitrogens with zero attached hydrogens (tertiary/aromatic N) is 1. The minimum Gasteiger partial charge on any atom is -0.408 e. The molecule has 5 nitrogen and oxygen atoms in total. The molecule has 0 bridgehead atoms. The number of amides is 1. The fraction of sp³-hybridized carbons (Fsp3) is 0.467. The molecule has 2 aromatic rings. The highest BCUT2D eigenvalue weighted by Gasteiger charge is 2.21. The van der Waals surface area contributed by atoms with Crippen molar-refractivity contribution < 1.29 is 9.21 Å². The van der Waals surface area contributed by atoms with Crippen molar-refractivity contribution in [2.75, 3.05) is 13.1 Å². The minimum atomic E-state index is -0.465. The standard InChI is InChI=1S/C15H18N2O3/c1-10-3-2-6-17(9-10)14(18)8-11-4-5-13-12(7-11)16-15(19)20-13/h4-5,7,10H,2-3,6,8-9H2,1H3,(H,16,19). The highest BCUT2D eigenvalue weighted by Crippen LogP contribution is 2.18. The van der Waals surface area contributed by atoms with Crippen LogP contribution in [0.15, 0.2) is 27.4 Å². The van der Waals surface area contributed by atoms with Crippen LogP contribution in [0.1, 0.15) is 25.3 Å². The number of hydrogen-bond donors (Lipinski definition) is 1. The van der Waals surface area contributed by atoms with Gasteiger partial charge in [0.2, 0.25) is 5.91 Å². The van der Waals surface area contributed by atoms with E-state index in [1.54, 1.807) is 6.07 Å². The average molecular weight is 274 g/mol. The summed E-state index contributed by atoms with van der Waals surface area (Å²) in [7, 11) is 0. The lowest BCUT2D eigenvalue weighted by Crippen LogP contribution is -2.39. The van der Waals surface area contributed by atoms with Gasteiger partial charge in [0.25, 0.3) is 0 Å². The van der Waals surface area contributed by atoms with Crippen LogP contribution in [0.5, 0.6) is 0 Å². The Hall–Kier alpha value is -2.04. The van der Waals surface area contributed by atoms with Gasteiger partial charge in [0.15, 0.2) is 5.58 Å². The Morgan fingerprint density at radius 2 is 2.35 bits per heavy atom. The largest absolute Gasteiger partial charge is 0.417 e. The van der Waals surface area contributed by atoms with Crippen molar-refractivity contribution in [2.45, 2.75) is 26.2 Å². The van der Waals surface area contributed by atoms with Crippen LogP contribution in [0.25, 0.3) is 11.1 Å². The van der Waals surface area contributed by atoms with Crippen LogP contribution in [-0.4, -0.2) is 28.9 Å². The fourth-order valence-electron chi connectivity index (χ4n) is 2.81. The Labute approximate surface area is 116 Å². The molecule has 20 heavy (non-hydrogen) atoms. The van der Waals surface area contributed by atoms with Crippen LogP contribution in [0.3, 0.4) is 0 Å². The molecule has 0 saturated carbocycles. The summed E-state index contributed by atoms with van der Waals surface area (Å²) in [6, 6.07) is 5.38. The number of carbonyl (C=O) groups is 1. The molecular formula is C15H18N2O3. The Bertz CT molecular complexity index is 686. The third-order valence-electron chi connectivity index (χ3n) is 3.85. The Kier molecular flexibility index (Phi) is 3.34. The summed E-state index contributed by atoms with van der Waals surface area (Å²) in [5.41, 5.74) is 2.07. The molecule has 1 aromatic heterocycles. The summed E-state index contributed by atoms with van der Waals surface area (Å²) in [6.07, 6.45) is 2.66. The van der Waals surface area contributed by atoms with Crippen LogP contribution in [0.4, 0.5) is 0 Å². The number of aromatic amines is 1. The number of piperidine rings is 1. The second-order valence-corrected chi connectivity index (χ2v) is 5.61. The first kappa shape index (κ1) is 13.0. The second kappa shape index (κ2) is 5.15. The lowest BCUT2D eigenvalue weighted by molar-refractivity contribution is -0.132. The lowest BCUT2D eigenvalue weighted by Gasteiger charge is -2.31. The Balaban J connectivity index is 1.74. The van der Waals surface area contributed by atoms with E-state index in [0.29, 0.717) is 23.4 Å². The zero-order valence-corrected chi connectivity index (χ0v) is 11.5. The predicted octanol–water partition coefficient (Wildman–Crippen LogP) is 1.92. The highest BCUT2D eigenvalue weighted by atomic mass is 16.4. The summed E-state index contributed by atoms with van der Waals surface area (Å²) in [6.45, 7) is 3.89. The van der Waals surface area contributed by atoms with Gasteiger partial charge in [-0.3, -0.25) is 9.78 Å². The summed E-state index contributed by atoms with van der Waals surface area (Å²) in [5, 5.41) is 0. The van der Waals surface area contributed by atoms with Crippen molar-refractivity contribution in [3.63, 3.8) is 0 Å². The maximum atomic E-state index is 12.3. The van der Waals surface area contributed by atoms with E-state index in [1.807, 2.05) is 17.0 Å². The molecule has 1 fully saturated rings. The number of nitrogens with one attached hydrogen (secondary N) is 1. The van der Waals surface area contributed by atoms with Gasteiger partial charge in [-0.25, -0.2) is 4.79 Å². The summed E-state index contributed by atoms with van der Waals surface area (Å²) < 4.78 is 4.95. The molecule has 0 aliphatic carbocycles. The van der Waals surface area contributed by atoms with Gasteiger partial charge in [0, 0.05) is 13.1 Å². The van der Waals surface area contributed by atoms with Crippen LogP contribution < -0.4 is 5.76 Å². The van der Waals surface area contributed by atoms with E-state index in [1.165, 1.54) is 6.42 Å². The summed E-state index contributed by atoms with van der Waals surface area (Å²) in [4.78, 5) is 27.9. The van der Waals surface area contributed by atoms with Gasteiger partial charge in [-0.2, -0.15) is 0 Å². The van der Waals surface area contributed by atoms with E-state index in [4.69, 9.17) is 4.42 Å².